The summed E-state index contributed by atoms with van der Waals surface area (Å²) in [5.74, 6) is -0.441. The van der Waals surface area contributed by atoms with Crippen molar-refractivity contribution in [2.45, 2.75) is 39.7 Å². The fraction of sp³-hybridized carbons (Fsp3) is 0.833. The van der Waals surface area contributed by atoms with Crippen LogP contribution in [0.25, 0.3) is 0 Å². The molecule has 0 bridgehead atoms. The molecule has 0 radical (unpaired) electrons. The van der Waals surface area contributed by atoms with E-state index in [0.29, 0.717) is 26.0 Å². The number of carbonyl (C=O) groups excluding carboxylic acids is 2. The SMILES string of the molecule is CCOC(=O)CN(CCCC(=O)OC)C(C)C. The first-order chi connectivity index (χ1) is 8.01. The molecule has 17 heavy (non-hydrogen) atoms. The smallest absolute Gasteiger partial charge is 0.320 e. The molecule has 0 spiro atoms. The Morgan fingerprint density at radius 1 is 1.24 bits per heavy atom. The highest BCUT2D eigenvalue weighted by Crippen LogP contribution is 2.03. The van der Waals surface area contributed by atoms with E-state index in [2.05, 4.69) is 4.74 Å². The zero-order valence-corrected chi connectivity index (χ0v) is 11.2. The van der Waals surface area contributed by atoms with Crippen molar-refractivity contribution in [1.29, 1.82) is 0 Å². The van der Waals surface area contributed by atoms with Gasteiger partial charge in [0, 0.05) is 12.5 Å². The van der Waals surface area contributed by atoms with Crippen LogP contribution in [-0.2, 0) is 19.1 Å². The Morgan fingerprint density at radius 3 is 2.35 bits per heavy atom. The molecule has 0 aliphatic carbocycles. The average Bonchev–Trinajstić information content (AvgIpc) is 2.27. The van der Waals surface area contributed by atoms with E-state index in [1.807, 2.05) is 18.7 Å². The predicted molar refractivity (Wildman–Crippen MR) is 64.6 cm³/mol. The van der Waals surface area contributed by atoms with E-state index < -0.39 is 0 Å². The van der Waals surface area contributed by atoms with Crippen LogP contribution < -0.4 is 0 Å². The summed E-state index contributed by atoms with van der Waals surface area (Å²) >= 11 is 0. The molecular formula is C12H23NO4. The average molecular weight is 245 g/mol. The highest BCUT2D eigenvalue weighted by Gasteiger charge is 2.14. The monoisotopic (exact) mass is 245 g/mol. The van der Waals surface area contributed by atoms with Crippen molar-refractivity contribution in [3.8, 4) is 0 Å². The van der Waals surface area contributed by atoms with Crippen molar-refractivity contribution in [3.63, 3.8) is 0 Å². The highest BCUT2D eigenvalue weighted by atomic mass is 16.5. The van der Waals surface area contributed by atoms with Gasteiger partial charge in [0.15, 0.2) is 0 Å². The second kappa shape index (κ2) is 8.98. The summed E-state index contributed by atoms with van der Waals surface area (Å²) in [5.41, 5.74) is 0. The maximum Gasteiger partial charge on any atom is 0.320 e. The lowest BCUT2D eigenvalue weighted by molar-refractivity contribution is -0.144. The van der Waals surface area contributed by atoms with Crippen LogP contribution in [0.5, 0.6) is 0 Å². The fourth-order valence-corrected chi connectivity index (χ4v) is 1.42. The third-order valence-corrected chi connectivity index (χ3v) is 2.42. The first-order valence-electron chi connectivity index (χ1n) is 5.97. The lowest BCUT2D eigenvalue weighted by Gasteiger charge is -2.25. The molecule has 0 fully saturated rings. The van der Waals surface area contributed by atoms with Crippen molar-refractivity contribution in [2.24, 2.45) is 0 Å². The summed E-state index contributed by atoms with van der Waals surface area (Å²) in [5, 5.41) is 0. The second-order valence-electron chi connectivity index (χ2n) is 4.05. The summed E-state index contributed by atoms with van der Waals surface area (Å²) in [7, 11) is 1.38. The van der Waals surface area contributed by atoms with Crippen LogP contribution in [0.15, 0.2) is 0 Å². The minimum absolute atomic E-state index is 0.218. The van der Waals surface area contributed by atoms with Gasteiger partial charge >= 0.3 is 11.9 Å². The molecule has 0 aromatic carbocycles. The van der Waals surface area contributed by atoms with Gasteiger partial charge in [-0.1, -0.05) is 0 Å². The van der Waals surface area contributed by atoms with Gasteiger partial charge in [0.2, 0.25) is 0 Å². The Labute approximate surface area is 103 Å². The van der Waals surface area contributed by atoms with Gasteiger partial charge in [-0.15, -0.1) is 0 Å². The van der Waals surface area contributed by atoms with Crippen LogP contribution in [0.2, 0.25) is 0 Å². The zero-order chi connectivity index (χ0) is 13.3. The normalized spacial score (nSPS) is 10.7. The Kier molecular flexibility index (Phi) is 8.40. The van der Waals surface area contributed by atoms with Crippen LogP contribution in [0, 0.1) is 0 Å². The maximum absolute atomic E-state index is 11.4. The van der Waals surface area contributed by atoms with Gasteiger partial charge in [0.05, 0.1) is 20.3 Å². The van der Waals surface area contributed by atoms with Gasteiger partial charge in [-0.2, -0.15) is 0 Å². The number of rotatable bonds is 8. The van der Waals surface area contributed by atoms with Gasteiger partial charge < -0.3 is 9.47 Å². The Bertz CT molecular complexity index is 241. The van der Waals surface area contributed by atoms with E-state index >= 15 is 0 Å². The third-order valence-electron chi connectivity index (χ3n) is 2.42. The van der Waals surface area contributed by atoms with Gasteiger partial charge in [-0.25, -0.2) is 0 Å². The molecule has 0 aliphatic heterocycles. The third kappa shape index (κ3) is 7.74. The van der Waals surface area contributed by atoms with E-state index in [4.69, 9.17) is 4.74 Å². The van der Waals surface area contributed by atoms with Crippen molar-refractivity contribution >= 4 is 11.9 Å². The van der Waals surface area contributed by atoms with Crippen molar-refractivity contribution in [3.05, 3.63) is 0 Å². The molecule has 0 saturated heterocycles. The molecule has 100 valence electrons. The summed E-state index contributed by atoms with van der Waals surface area (Å²) < 4.78 is 9.46. The molecule has 0 aromatic rings. The molecule has 0 aliphatic rings. The number of ether oxygens (including phenoxy) is 2. The number of carbonyl (C=O) groups is 2. The lowest BCUT2D eigenvalue weighted by Crippen LogP contribution is -2.37. The predicted octanol–water partition coefficient (Wildman–Crippen LogP) is 1.21. The van der Waals surface area contributed by atoms with E-state index in [9.17, 15) is 9.59 Å². The molecule has 0 heterocycles. The summed E-state index contributed by atoms with van der Waals surface area (Å²) in [4.78, 5) is 24.3. The van der Waals surface area contributed by atoms with E-state index in [1.165, 1.54) is 7.11 Å². The topological polar surface area (TPSA) is 55.8 Å². The van der Waals surface area contributed by atoms with E-state index in [0.717, 1.165) is 0 Å². The first-order valence-corrected chi connectivity index (χ1v) is 5.97. The minimum Gasteiger partial charge on any atom is -0.469 e. The van der Waals surface area contributed by atoms with Crippen molar-refractivity contribution in [1.82, 2.24) is 4.90 Å². The number of hydrogen-bond acceptors (Lipinski definition) is 5. The number of methoxy groups -OCH3 is 1. The number of nitrogens with zero attached hydrogens (tertiary/aromatic N) is 1. The maximum atomic E-state index is 11.4. The van der Waals surface area contributed by atoms with Gasteiger partial charge in [0.25, 0.3) is 0 Å². The Hall–Kier alpha value is -1.10. The first kappa shape index (κ1) is 15.9. The molecule has 0 amide bonds. The number of hydrogen-bond donors (Lipinski definition) is 0. The quantitative estimate of drug-likeness (QED) is 0.602. The lowest BCUT2D eigenvalue weighted by atomic mass is 10.2. The molecule has 0 atom stereocenters. The van der Waals surface area contributed by atoms with Crippen molar-refractivity contribution in [2.75, 3.05) is 26.8 Å². The zero-order valence-electron chi connectivity index (χ0n) is 11.2. The molecule has 0 aromatic heterocycles. The Balaban J connectivity index is 3.98. The molecule has 0 unspecified atom stereocenters. The van der Waals surface area contributed by atoms with E-state index in [-0.39, 0.29) is 24.5 Å². The van der Waals surface area contributed by atoms with Crippen molar-refractivity contribution < 1.29 is 19.1 Å². The van der Waals surface area contributed by atoms with Crippen LogP contribution >= 0.6 is 0 Å². The second-order valence-corrected chi connectivity index (χ2v) is 4.05. The highest BCUT2D eigenvalue weighted by molar-refractivity contribution is 5.71. The van der Waals surface area contributed by atoms with Crippen LogP contribution in [0.3, 0.4) is 0 Å². The number of esters is 2. The Morgan fingerprint density at radius 2 is 1.88 bits per heavy atom. The van der Waals surface area contributed by atoms with Crippen LogP contribution in [0.1, 0.15) is 33.6 Å². The summed E-state index contributed by atoms with van der Waals surface area (Å²) in [6.07, 6.45) is 1.06. The molecule has 0 N–H and O–H groups in total. The molecular weight excluding hydrogens is 222 g/mol. The molecule has 5 nitrogen and oxygen atoms in total. The molecule has 0 rings (SSSR count). The van der Waals surface area contributed by atoms with Gasteiger partial charge in [-0.3, -0.25) is 14.5 Å². The molecule has 0 saturated carbocycles. The van der Waals surface area contributed by atoms with E-state index in [1.54, 1.807) is 6.92 Å². The van der Waals surface area contributed by atoms with Crippen LogP contribution in [-0.4, -0.2) is 49.7 Å². The van der Waals surface area contributed by atoms with Crippen LogP contribution in [0.4, 0.5) is 0 Å². The molecule has 5 heteroatoms. The standard InChI is InChI=1S/C12H23NO4/c1-5-17-12(15)9-13(10(2)3)8-6-7-11(14)16-4/h10H,5-9H2,1-4H3. The summed E-state index contributed by atoms with van der Waals surface area (Å²) in [6, 6.07) is 0.247. The van der Waals surface area contributed by atoms with Gasteiger partial charge in [-0.05, 0) is 33.7 Å². The fourth-order valence-electron chi connectivity index (χ4n) is 1.42. The van der Waals surface area contributed by atoms with Gasteiger partial charge in [0.1, 0.15) is 0 Å². The summed E-state index contributed by atoms with van der Waals surface area (Å²) in [6.45, 7) is 7.16. The largest absolute Gasteiger partial charge is 0.469 e. The minimum atomic E-state index is -0.223.